The van der Waals surface area contributed by atoms with Crippen molar-refractivity contribution in [2.75, 3.05) is 7.11 Å². The molecule has 1 aromatic heterocycles. The van der Waals surface area contributed by atoms with Crippen LogP contribution in [0.4, 0.5) is 0 Å². The van der Waals surface area contributed by atoms with Crippen molar-refractivity contribution >= 4 is 28.1 Å². The van der Waals surface area contributed by atoms with Crippen LogP contribution >= 0.6 is 15.9 Å². The average molecular weight is 365 g/mol. The zero-order valence-corrected chi connectivity index (χ0v) is 14.0. The smallest absolute Gasteiger partial charge is 0.275 e. The summed E-state index contributed by atoms with van der Waals surface area (Å²) in [7, 11) is 1.52. The molecule has 0 saturated carbocycles. The molecule has 0 spiro atoms. The highest BCUT2D eigenvalue weighted by Crippen LogP contribution is 2.22. The van der Waals surface area contributed by atoms with E-state index in [1.807, 2.05) is 12.1 Å². The lowest BCUT2D eigenvalue weighted by Crippen LogP contribution is -2.18. The number of rotatable bonds is 6. The van der Waals surface area contributed by atoms with Gasteiger partial charge in [0.25, 0.3) is 5.91 Å². The fourth-order valence-electron chi connectivity index (χ4n) is 1.92. The number of hydrazone groups is 1. The lowest BCUT2D eigenvalue weighted by atomic mass is 10.2. The van der Waals surface area contributed by atoms with E-state index in [-0.39, 0.29) is 5.91 Å². The molecule has 0 radical (unpaired) electrons. The first kappa shape index (κ1) is 16.3. The molecule has 0 aliphatic heterocycles. The van der Waals surface area contributed by atoms with Crippen molar-refractivity contribution in [2.45, 2.75) is 19.8 Å². The topological polar surface area (TPSA) is 63.8 Å². The second kappa shape index (κ2) is 7.79. The summed E-state index contributed by atoms with van der Waals surface area (Å²) in [5.41, 5.74) is 2.86. The number of benzene rings is 1. The molecule has 0 saturated heterocycles. The van der Waals surface area contributed by atoms with Crippen LogP contribution in [-0.4, -0.2) is 19.2 Å². The third-order valence-corrected chi connectivity index (χ3v) is 3.44. The number of carbonyl (C=O) groups is 1. The van der Waals surface area contributed by atoms with Crippen molar-refractivity contribution in [3.63, 3.8) is 0 Å². The molecule has 2 aromatic rings. The van der Waals surface area contributed by atoms with Crippen LogP contribution in [0.2, 0.25) is 0 Å². The van der Waals surface area contributed by atoms with Gasteiger partial charge in [-0.05, 0) is 36.8 Å². The number of hydrogen-bond donors (Lipinski definition) is 1. The minimum absolute atomic E-state index is 0.352. The molecule has 0 bridgehead atoms. The highest BCUT2D eigenvalue weighted by atomic mass is 79.9. The molecule has 0 fully saturated rings. The van der Waals surface area contributed by atoms with Gasteiger partial charge in [-0.15, -0.1) is 0 Å². The Morgan fingerprint density at radius 1 is 1.41 bits per heavy atom. The standard InChI is InChI=1S/C16H17BrN2O3/c1-3-4-12-6-7-13(22-12)10-18-19-16(20)14-9-11(17)5-8-15(14)21-2/h5-10H,3-4H2,1-2H3,(H,19,20)/b18-10-. The fourth-order valence-corrected chi connectivity index (χ4v) is 2.28. The van der Waals surface area contributed by atoms with Gasteiger partial charge in [-0.3, -0.25) is 4.79 Å². The van der Waals surface area contributed by atoms with Crippen LogP contribution in [0.3, 0.4) is 0 Å². The van der Waals surface area contributed by atoms with Gasteiger partial charge < -0.3 is 9.15 Å². The minimum Gasteiger partial charge on any atom is -0.496 e. The van der Waals surface area contributed by atoms with Crippen LogP contribution in [0.1, 0.15) is 35.2 Å². The van der Waals surface area contributed by atoms with Gasteiger partial charge in [0.05, 0.1) is 18.9 Å². The maximum Gasteiger partial charge on any atom is 0.275 e. The first-order valence-corrected chi connectivity index (χ1v) is 7.69. The second-order valence-corrected chi connectivity index (χ2v) is 5.51. The van der Waals surface area contributed by atoms with E-state index in [4.69, 9.17) is 9.15 Å². The number of halogens is 1. The number of carbonyl (C=O) groups excluding carboxylic acids is 1. The normalized spacial score (nSPS) is 10.9. The van der Waals surface area contributed by atoms with Gasteiger partial charge in [0, 0.05) is 10.9 Å². The van der Waals surface area contributed by atoms with Gasteiger partial charge >= 0.3 is 0 Å². The number of methoxy groups -OCH3 is 1. The quantitative estimate of drug-likeness (QED) is 0.626. The van der Waals surface area contributed by atoms with Crippen molar-refractivity contribution in [1.29, 1.82) is 0 Å². The SMILES string of the molecule is CCCc1ccc(/C=N\NC(=O)c2cc(Br)ccc2OC)o1. The highest BCUT2D eigenvalue weighted by molar-refractivity contribution is 9.10. The summed E-state index contributed by atoms with van der Waals surface area (Å²) in [6, 6.07) is 8.92. The minimum atomic E-state index is -0.352. The molecule has 0 atom stereocenters. The first-order valence-electron chi connectivity index (χ1n) is 6.89. The molecular formula is C16H17BrN2O3. The number of nitrogens with zero attached hydrogens (tertiary/aromatic N) is 1. The second-order valence-electron chi connectivity index (χ2n) is 4.60. The Bertz CT molecular complexity index is 680. The van der Waals surface area contributed by atoms with Gasteiger partial charge in [0.1, 0.15) is 17.3 Å². The molecule has 1 N–H and O–H groups in total. The van der Waals surface area contributed by atoms with Crippen molar-refractivity contribution < 1.29 is 13.9 Å². The predicted molar refractivity (Wildman–Crippen MR) is 88.5 cm³/mol. The number of aryl methyl sites for hydroxylation is 1. The Morgan fingerprint density at radius 2 is 2.23 bits per heavy atom. The van der Waals surface area contributed by atoms with Crippen molar-refractivity contribution in [2.24, 2.45) is 5.10 Å². The third kappa shape index (κ3) is 4.21. The molecule has 5 nitrogen and oxygen atoms in total. The molecule has 0 aliphatic rings. The Hall–Kier alpha value is -2.08. The summed E-state index contributed by atoms with van der Waals surface area (Å²) < 4.78 is 11.5. The van der Waals surface area contributed by atoms with Gasteiger partial charge in [-0.25, -0.2) is 5.43 Å². The Morgan fingerprint density at radius 3 is 2.95 bits per heavy atom. The van der Waals surface area contributed by atoms with Crippen LogP contribution in [0.15, 0.2) is 44.3 Å². The zero-order chi connectivity index (χ0) is 15.9. The van der Waals surface area contributed by atoms with Crippen molar-refractivity contribution in [3.8, 4) is 5.75 Å². The summed E-state index contributed by atoms with van der Waals surface area (Å²) >= 11 is 3.33. The van der Waals surface area contributed by atoms with Crippen LogP contribution in [0.5, 0.6) is 5.75 Å². The number of furan rings is 1. The number of ether oxygens (including phenoxy) is 1. The summed E-state index contributed by atoms with van der Waals surface area (Å²) in [5, 5.41) is 3.91. The lowest BCUT2D eigenvalue weighted by Gasteiger charge is -2.07. The van der Waals surface area contributed by atoms with Crippen molar-refractivity contribution in [3.05, 3.63) is 51.9 Å². The van der Waals surface area contributed by atoms with E-state index < -0.39 is 0 Å². The third-order valence-electron chi connectivity index (χ3n) is 2.94. The van der Waals surface area contributed by atoms with Gasteiger partial charge in [-0.2, -0.15) is 5.10 Å². The largest absolute Gasteiger partial charge is 0.496 e. The summed E-state index contributed by atoms with van der Waals surface area (Å²) in [6.07, 6.45) is 3.38. The Balaban J connectivity index is 2.02. The van der Waals surface area contributed by atoms with Gasteiger partial charge in [0.2, 0.25) is 0 Å². The van der Waals surface area contributed by atoms with Crippen LogP contribution < -0.4 is 10.2 Å². The first-order chi connectivity index (χ1) is 10.6. The molecule has 116 valence electrons. The van der Waals surface area contributed by atoms with Gasteiger partial charge in [-0.1, -0.05) is 22.9 Å². The number of amides is 1. The van der Waals surface area contributed by atoms with E-state index >= 15 is 0 Å². The molecular weight excluding hydrogens is 348 g/mol. The Labute approximate surface area is 137 Å². The highest BCUT2D eigenvalue weighted by Gasteiger charge is 2.12. The zero-order valence-electron chi connectivity index (χ0n) is 12.4. The van der Waals surface area contributed by atoms with Crippen LogP contribution in [0.25, 0.3) is 0 Å². The maximum atomic E-state index is 12.1. The van der Waals surface area contributed by atoms with E-state index in [0.717, 1.165) is 23.1 Å². The monoisotopic (exact) mass is 364 g/mol. The van der Waals surface area contributed by atoms with Crippen LogP contribution in [-0.2, 0) is 6.42 Å². The van der Waals surface area contributed by atoms with E-state index in [9.17, 15) is 4.79 Å². The molecule has 1 amide bonds. The van der Waals surface area contributed by atoms with Crippen molar-refractivity contribution in [1.82, 2.24) is 5.43 Å². The van der Waals surface area contributed by atoms with E-state index in [1.165, 1.54) is 13.3 Å². The van der Waals surface area contributed by atoms with Crippen LogP contribution in [0, 0.1) is 0 Å². The number of nitrogens with one attached hydrogen (secondary N) is 1. The average Bonchev–Trinajstić information content (AvgIpc) is 2.95. The molecule has 1 heterocycles. The molecule has 0 unspecified atom stereocenters. The summed E-state index contributed by atoms with van der Waals surface area (Å²) in [4.78, 5) is 12.1. The molecule has 0 aliphatic carbocycles. The molecule has 1 aromatic carbocycles. The van der Waals surface area contributed by atoms with E-state index in [0.29, 0.717) is 17.1 Å². The number of hydrogen-bond acceptors (Lipinski definition) is 4. The van der Waals surface area contributed by atoms with Gasteiger partial charge in [0.15, 0.2) is 0 Å². The molecule has 22 heavy (non-hydrogen) atoms. The molecule has 6 heteroatoms. The summed E-state index contributed by atoms with van der Waals surface area (Å²) in [5.74, 6) is 1.64. The lowest BCUT2D eigenvalue weighted by molar-refractivity contribution is 0.0952. The Kier molecular flexibility index (Phi) is 5.77. The van der Waals surface area contributed by atoms with E-state index in [2.05, 4.69) is 33.4 Å². The van der Waals surface area contributed by atoms with E-state index in [1.54, 1.807) is 18.2 Å². The summed E-state index contributed by atoms with van der Waals surface area (Å²) in [6.45, 7) is 2.09. The fraction of sp³-hybridized carbons (Fsp3) is 0.250. The predicted octanol–water partition coefficient (Wildman–Crippen LogP) is 3.77. The molecule has 2 rings (SSSR count). The maximum absolute atomic E-state index is 12.1.